The van der Waals surface area contributed by atoms with E-state index in [-0.39, 0.29) is 0 Å². The molecule has 1 saturated carbocycles. The van der Waals surface area contributed by atoms with Gasteiger partial charge in [0.15, 0.2) is 0 Å². The summed E-state index contributed by atoms with van der Waals surface area (Å²) in [4.78, 5) is 8.41. The van der Waals surface area contributed by atoms with Crippen LogP contribution in [0.4, 0.5) is 5.95 Å². The molecule has 1 aliphatic rings. The Morgan fingerprint density at radius 3 is 2.93 bits per heavy atom. The van der Waals surface area contributed by atoms with Crippen molar-refractivity contribution in [3.8, 4) is 0 Å². The highest BCUT2D eigenvalue weighted by atomic mass is 32.2. The lowest BCUT2D eigenvalue weighted by Gasteiger charge is -2.19. The highest BCUT2D eigenvalue weighted by Gasteiger charge is 2.27. The van der Waals surface area contributed by atoms with Gasteiger partial charge in [0.05, 0.1) is 0 Å². The summed E-state index contributed by atoms with van der Waals surface area (Å²) in [5.74, 6) is 1.96. The second-order valence-corrected chi connectivity index (χ2v) is 5.26. The molecule has 4 heteroatoms. The van der Waals surface area contributed by atoms with Crippen LogP contribution < -0.4 is 5.32 Å². The van der Waals surface area contributed by atoms with Gasteiger partial charge in [-0.2, -0.15) is 11.8 Å². The van der Waals surface area contributed by atoms with E-state index in [1.807, 2.05) is 17.8 Å². The van der Waals surface area contributed by atoms with E-state index in [4.69, 9.17) is 0 Å². The van der Waals surface area contributed by atoms with Crippen molar-refractivity contribution in [1.29, 1.82) is 0 Å². The molecule has 0 amide bonds. The average molecular weight is 223 g/mol. The number of hydrogen-bond acceptors (Lipinski definition) is 4. The van der Waals surface area contributed by atoms with E-state index in [9.17, 15) is 0 Å². The second-order valence-electron chi connectivity index (χ2n) is 3.75. The minimum Gasteiger partial charge on any atom is -0.350 e. The monoisotopic (exact) mass is 223 g/mol. The summed E-state index contributed by atoms with van der Waals surface area (Å²) in [5.41, 5.74) is 0. The van der Waals surface area contributed by atoms with Crippen LogP contribution in [0.5, 0.6) is 0 Å². The number of anilines is 1. The minimum absolute atomic E-state index is 0.553. The summed E-state index contributed by atoms with van der Waals surface area (Å²) >= 11 is 2.05. The van der Waals surface area contributed by atoms with Crippen LogP contribution in [0.3, 0.4) is 0 Å². The van der Waals surface area contributed by atoms with Crippen molar-refractivity contribution in [3.05, 3.63) is 18.5 Å². The van der Waals surface area contributed by atoms with Gasteiger partial charge in [-0.25, -0.2) is 9.97 Å². The molecule has 2 unspecified atom stereocenters. The van der Waals surface area contributed by atoms with Gasteiger partial charge in [0.1, 0.15) is 0 Å². The second kappa shape index (κ2) is 5.35. The van der Waals surface area contributed by atoms with Crippen molar-refractivity contribution < 1.29 is 0 Å². The molecule has 2 atom stereocenters. The third-order valence-electron chi connectivity index (χ3n) is 2.71. The maximum atomic E-state index is 4.21. The van der Waals surface area contributed by atoms with Gasteiger partial charge >= 0.3 is 0 Å². The van der Waals surface area contributed by atoms with Gasteiger partial charge in [0, 0.05) is 23.7 Å². The van der Waals surface area contributed by atoms with Crippen molar-refractivity contribution in [1.82, 2.24) is 9.97 Å². The molecule has 3 nitrogen and oxygen atoms in total. The van der Waals surface area contributed by atoms with E-state index < -0.39 is 0 Å². The molecule has 1 N–H and O–H groups in total. The first kappa shape index (κ1) is 10.7. The van der Waals surface area contributed by atoms with E-state index >= 15 is 0 Å². The standard InChI is InChI=1S/C11H17N3S/c1-2-15-10-6-3-5-9(10)14-11-12-7-4-8-13-11/h4,7-10H,2-3,5-6H2,1H3,(H,12,13,14). The van der Waals surface area contributed by atoms with Crippen molar-refractivity contribution >= 4 is 17.7 Å². The first-order valence-electron chi connectivity index (χ1n) is 5.55. The van der Waals surface area contributed by atoms with Crippen molar-refractivity contribution in [2.45, 2.75) is 37.5 Å². The molecule has 15 heavy (non-hydrogen) atoms. The molecule has 0 aromatic carbocycles. The minimum atomic E-state index is 0.553. The summed E-state index contributed by atoms with van der Waals surface area (Å²) in [5, 5.41) is 4.17. The first-order chi connectivity index (χ1) is 7.40. The van der Waals surface area contributed by atoms with E-state index in [0.29, 0.717) is 6.04 Å². The Kier molecular flexibility index (Phi) is 3.83. The maximum absolute atomic E-state index is 4.21. The number of nitrogens with one attached hydrogen (secondary N) is 1. The van der Waals surface area contributed by atoms with Gasteiger partial charge < -0.3 is 5.32 Å². The molecule has 0 bridgehead atoms. The predicted molar refractivity (Wildman–Crippen MR) is 65.2 cm³/mol. The zero-order valence-electron chi connectivity index (χ0n) is 9.02. The third-order valence-corrected chi connectivity index (χ3v) is 4.04. The Morgan fingerprint density at radius 2 is 2.20 bits per heavy atom. The quantitative estimate of drug-likeness (QED) is 0.851. The van der Waals surface area contributed by atoms with Crippen LogP contribution >= 0.6 is 11.8 Å². The third kappa shape index (κ3) is 2.84. The van der Waals surface area contributed by atoms with Gasteiger partial charge in [-0.05, 0) is 24.7 Å². The van der Waals surface area contributed by atoms with Crippen molar-refractivity contribution in [3.63, 3.8) is 0 Å². The first-order valence-corrected chi connectivity index (χ1v) is 6.60. The van der Waals surface area contributed by atoms with Crippen LogP contribution in [0, 0.1) is 0 Å². The Bertz CT molecular complexity index is 291. The fourth-order valence-corrected chi connectivity index (χ4v) is 3.24. The number of aromatic nitrogens is 2. The molecule has 0 spiro atoms. The summed E-state index contributed by atoms with van der Waals surface area (Å²) in [6.45, 7) is 2.22. The van der Waals surface area contributed by atoms with E-state index in [1.54, 1.807) is 12.4 Å². The largest absolute Gasteiger partial charge is 0.350 e. The average Bonchev–Trinajstić information content (AvgIpc) is 2.68. The molecule has 0 saturated heterocycles. The lowest BCUT2D eigenvalue weighted by atomic mass is 10.2. The Hall–Kier alpha value is -0.770. The number of hydrogen-bond donors (Lipinski definition) is 1. The van der Waals surface area contributed by atoms with Gasteiger partial charge in [-0.3, -0.25) is 0 Å². The molecule has 0 aliphatic heterocycles. The SMILES string of the molecule is CCSC1CCCC1Nc1ncccn1. The summed E-state index contributed by atoms with van der Waals surface area (Å²) in [6, 6.07) is 2.40. The number of rotatable bonds is 4. The highest BCUT2D eigenvalue weighted by molar-refractivity contribution is 7.99. The molecule has 1 aromatic heterocycles. The molecule has 1 aliphatic carbocycles. The molecule has 2 rings (SSSR count). The topological polar surface area (TPSA) is 37.8 Å². The van der Waals surface area contributed by atoms with Gasteiger partial charge in [0.2, 0.25) is 5.95 Å². The maximum Gasteiger partial charge on any atom is 0.222 e. The Morgan fingerprint density at radius 1 is 1.40 bits per heavy atom. The lowest BCUT2D eigenvalue weighted by Crippen LogP contribution is -2.27. The molecule has 1 heterocycles. The zero-order valence-corrected chi connectivity index (χ0v) is 9.83. The van der Waals surface area contributed by atoms with Crippen LogP contribution in [-0.2, 0) is 0 Å². The zero-order chi connectivity index (χ0) is 10.5. The summed E-state index contributed by atoms with van der Waals surface area (Å²) < 4.78 is 0. The van der Waals surface area contributed by atoms with Crippen molar-refractivity contribution in [2.24, 2.45) is 0 Å². The van der Waals surface area contributed by atoms with Crippen LogP contribution in [-0.4, -0.2) is 27.0 Å². The van der Waals surface area contributed by atoms with E-state index in [0.717, 1.165) is 11.2 Å². The van der Waals surface area contributed by atoms with Crippen LogP contribution in [0.2, 0.25) is 0 Å². The van der Waals surface area contributed by atoms with Gasteiger partial charge in [0.25, 0.3) is 0 Å². The molecular weight excluding hydrogens is 206 g/mol. The van der Waals surface area contributed by atoms with Crippen LogP contribution in [0.25, 0.3) is 0 Å². The molecular formula is C11H17N3S. The molecule has 1 fully saturated rings. The Balaban J connectivity index is 1.93. The number of thioether (sulfide) groups is 1. The Labute approximate surface area is 95.1 Å². The van der Waals surface area contributed by atoms with E-state index in [2.05, 4.69) is 22.2 Å². The predicted octanol–water partition coefficient (Wildman–Crippen LogP) is 2.56. The van der Waals surface area contributed by atoms with Gasteiger partial charge in [-0.1, -0.05) is 13.3 Å². The van der Waals surface area contributed by atoms with Crippen molar-refractivity contribution in [2.75, 3.05) is 11.1 Å². The lowest BCUT2D eigenvalue weighted by molar-refractivity contribution is 0.755. The normalized spacial score (nSPS) is 25.4. The highest BCUT2D eigenvalue weighted by Crippen LogP contribution is 2.31. The van der Waals surface area contributed by atoms with E-state index in [1.165, 1.54) is 25.0 Å². The summed E-state index contributed by atoms with van der Waals surface area (Å²) in [7, 11) is 0. The van der Waals surface area contributed by atoms with Crippen LogP contribution in [0.15, 0.2) is 18.5 Å². The smallest absolute Gasteiger partial charge is 0.222 e. The number of nitrogens with zero attached hydrogens (tertiary/aromatic N) is 2. The fraction of sp³-hybridized carbons (Fsp3) is 0.636. The fourth-order valence-electron chi connectivity index (χ4n) is 2.04. The van der Waals surface area contributed by atoms with Gasteiger partial charge in [-0.15, -0.1) is 0 Å². The summed E-state index contributed by atoms with van der Waals surface area (Å²) in [6.07, 6.45) is 7.46. The molecule has 82 valence electrons. The van der Waals surface area contributed by atoms with Crippen LogP contribution in [0.1, 0.15) is 26.2 Å². The molecule has 0 radical (unpaired) electrons. The molecule has 1 aromatic rings.